The number of nitrogen functional groups attached to an aromatic ring is 1. The average Bonchev–Trinajstić information content (AvgIpc) is 3.14. The van der Waals surface area contributed by atoms with Crippen LogP contribution in [0.15, 0.2) is 12.1 Å². The van der Waals surface area contributed by atoms with Crippen LogP contribution in [0.1, 0.15) is 23.2 Å². The first-order valence-electron chi connectivity index (χ1n) is 6.17. The van der Waals surface area contributed by atoms with E-state index < -0.39 is 28.7 Å². The van der Waals surface area contributed by atoms with Crippen LogP contribution in [0.5, 0.6) is 0 Å². The van der Waals surface area contributed by atoms with Crippen molar-refractivity contribution in [2.24, 2.45) is 5.92 Å². The van der Waals surface area contributed by atoms with Crippen molar-refractivity contribution in [1.82, 2.24) is 4.90 Å². The molecule has 1 heterocycles. The molecule has 6 heteroatoms. The van der Waals surface area contributed by atoms with Crippen LogP contribution >= 0.6 is 0 Å². The van der Waals surface area contributed by atoms with Crippen LogP contribution in [0.25, 0.3) is 0 Å². The van der Waals surface area contributed by atoms with Gasteiger partial charge in [-0.1, -0.05) is 0 Å². The topological polar surface area (TPSA) is 66.6 Å². The van der Waals surface area contributed by atoms with Gasteiger partial charge in [-0.25, -0.2) is 8.78 Å². The van der Waals surface area contributed by atoms with E-state index in [1.807, 2.05) is 0 Å². The lowest BCUT2D eigenvalue weighted by molar-refractivity contribution is -0.0960. The highest BCUT2D eigenvalue weighted by atomic mass is 19.1. The number of hydrogen-bond acceptors (Lipinski definition) is 3. The second-order valence-corrected chi connectivity index (χ2v) is 5.36. The summed E-state index contributed by atoms with van der Waals surface area (Å²) >= 11 is 0. The smallest absolute Gasteiger partial charge is 0.260 e. The Hall–Kier alpha value is -1.69. The normalized spacial score (nSPS) is 21.1. The van der Waals surface area contributed by atoms with Crippen LogP contribution in [-0.4, -0.2) is 34.6 Å². The Morgan fingerprint density at radius 2 is 2.00 bits per heavy atom. The minimum atomic E-state index is -1.04. The van der Waals surface area contributed by atoms with E-state index in [-0.39, 0.29) is 24.7 Å². The van der Waals surface area contributed by atoms with Crippen molar-refractivity contribution in [2.75, 3.05) is 18.8 Å². The number of nitrogens with two attached hydrogens (primary N) is 1. The number of carbonyl (C=O) groups is 1. The zero-order chi connectivity index (χ0) is 13.8. The summed E-state index contributed by atoms with van der Waals surface area (Å²) in [6.45, 7) is 0.258. The van der Waals surface area contributed by atoms with E-state index in [1.54, 1.807) is 0 Å². The Labute approximate surface area is 108 Å². The van der Waals surface area contributed by atoms with E-state index >= 15 is 0 Å². The van der Waals surface area contributed by atoms with E-state index in [2.05, 4.69) is 0 Å². The van der Waals surface area contributed by atoms with Gasteiger partial charge in [-0.3, -0.25) is 4.79 Å². The number of nitrogens with zero attached hydrogens (tertiary/aromatic N) is 1. The molecule has 0 aromatic heterocycles. The summed E-state index contributed by atoms with van der Waals surface area (Å²) in [4.78, 5) is 13.3. The van der Waals surface area contributed by atoms with Gasteiger partial charge in [0.15, 0.2) is 5.82 Å². The summed E-state index contributed by atoms with van der Waals surface area (Å²) in [6.07, 6.45) is 1.89. The van der Waals surface area contributed by atoms with E-state index in [0.29, 0.717) is 0 Å². The molecule has 1 amide bonds. The number of rotatable bonds is 2. The number of halogens is 2. The molecule has 1 saturated carbocycles. The number of carbonyl (C=O) groups excluding carboxylic acids is 1. The van der Waals surface area contributed by atoms with Gasteiger partial charge in [0.1, 0.15) is 17.0 Å². The molecule has 1 aromatic carbocycles. The maximum Gasteiger partial charge on any atom is 0.260 e. The zero-order valence-electron chi connectivity index (χ0n) is 10.2. The van der Waals surface area contributed by atoms with Gasteiger partial charge in [-0.05, 0) is 30.9 Å². The summed E-state index contributed by atoms with van der Waals surface area (Å²) in [5.41, 5.74) is 3.56. The van der Waals surface area contributed by atoms with Gasteiger partial charge in [0, 0.05) is 0 Å². The predicted molar refractivity (Wildman–Crippen MR) is 64.3 cm³/mol. The molecular weight excluding hydrogens is 254 g/mol. The molecule has 3 N–H and O–H groups in total. The molecule has 0 atom stereocenters. The fourth-order valence-corrected chi connectivity index (χ4v) is 2.56. The molecule has 3 rings (SSSR count). The first kappa shape index (κ1) is 12.3. The third-order valence-corrected chi connectivity index (χ3v) is 3.89. The van der Waals surface area contributed by atoms with E-state index in [0.717, 1.165) is 25.0 Å². The first-order valence-corrected chi connectivity index (χ1v) is 6.17. The fourth-order valence-electron chi connectivity index (χ4n) is 2.56. The molecule has 2 fully saturated rings. The second kappa shape index (κ2) is 3.90. The SMILES string of the molecule is Nc1ccc(F)c(C(=O)N2CC(O)(C3CC3)C2)c1F. The molecule has 0 radical (unpaired) electrons. The Kier molecular flexibility index (Phi) is 2.53. The number of hydrogen-bond donors (Lipinski definition) is 2. The summed E-state index contributed by atoms with van der Waals surface area (Å²) in [5, 5.41) is 10.1. The van der Waals surface area contributed by atoms with Crippen molar-refractivity contribution >= 4 is 11.6 Å². The number of β-amino-alcohol motifs (C(OH)–C–C–N with tert-alkyl or cyclic N) is 1. The molecule has 1 aliphatic carbocycles. The van der Waals surface area contributed by atoms with Crippen molar-refractivity contribution in [3.63, 3.8) is 0 Å². The molecule has 19 heavy (non-hydrogen) atoms. The number of amides is 1. The maximum atomic E-state index is 13.7. The van der Waals surface area contributed by atoms with E-state index in [1.165, 1.54) is 4.90 Å². The minimum absolute atomic E-state index is 0.129. The third kappa shape index (κ3) is 1.87. The van der Waals surface area contributed by atoms with Gasteiger partial charge in [-0.2, -0.15) is 0 Å². The highest BCUT2D eigenvalue weighted by Crippen LogP contribution is 2.44. The molecule has 102 valence electrons. The van der Waals surface area contributed by atoms with Crippen molar-refractivity contribution < 1.29 is 18.7 Å². The number of aliphatic hydroxyl groups is 1. The molecule has 0 spiro atoms. The Balaban J connectivity index is 1.81. The molecule has 1 saturated heterocycles. The van der Waals surface area contributed by atoms with Gasteiger partial charge in [0.25, 0.3) is 5.91 Å². The number of benzene rings is 1. The van der Waals surface area contributed by atoms with E-state index in [9.17, 15) is 18.7 Å². The summed E-state index contributed by atoms with van der Waals surface area (Å²) in [5.74, 6) is -2.51. The lowest BCUT2D eigenvalue weighted by atomic mass is 9.88. The number of anilines is 1. The molecule has 4 nitrogen and oxygen atoms in total. The molecule has 1 aromatic rings. The molecule has 2 aliphatic rings. The largest absolute Gasteiger partial charge is 0.396 e. The predicted octanol–water partition coefficient (Wildman–Crippen LogP) is 1.14. The molecule has 0 unspecified atom stereocenters. The Morgan fingerprint density at radius 1 is 1.37 bits per heavy atom. The lowest BCUT2D eigenvalue weighted by Gasteiger charge is -2.47. The van der Waals surface area contributed by atoms with Crippen LogP contribution in [-0.2, 0) is 0 Å². The zero-order valence-corrected chi connectivity index (χ0v) is 10.2. The highest BCUT2D eigenvalue weighted by Gasteiger charge is 2.53. The van der Waals surface area contributed by atoms with Gasteiger partial charge < -0.3 is 15.7 Å². The van der Waals surface area contributed by atoms with Crippen molar-refractivity contribution in [2.45, 2.75) is 18.4 Å². The molecular formula is C13H14F2N2O2. The Bertz CT molecular complexity index is 552. The van der Waals surface area contributed by atoms with Crippen molar-refractivity contribution in [3.05, 3.63) is 29.3 Å². The standard InChI is InChI=1S/C13H14F2N2O2/c14-8-3-4-9(16)11(15)10(8)12(18)17-5-13(19,6-17)7-1-2-7/h3-4,7,19H,1-2,5-6,16H2. The van der Waals surface area contributed by atoms with Gasteiger partial charge in [0.2, 0.25) is 0 Å². The summed E-state index contributed by atoms with van der Waals surface area (Å²) < 4.78 is 27.3. The van der Waals surface area contributed by atoms with Crippen LogP contribution in [0.4, 0.5) is 14.5 Å². The van der Waals surface area contributed by atoms with Crippen LogP contribution in [0.2, 0.25) is 0 Å². The molecule has 0 bridgehead atoms. The van der Waals surface area contributed by atoms with Crippen LogP contribution in [0.3, 0.4) is 0 Å². The lowest BCUT2D eigenvalue weighted by Crippen LogP contribution is -2.64. The van der Waals surface area contributed by atoms with E-state index in [4.69, 9.17) is 5.73 Å². The second-order valence-electron chi connectivity index (χ2n) is 5.36. The number of likely N-dealkylation sites (tertiary alicyclic amines) is 1. The Morgan fingerprint density at radius 3 is 2.58 bits per heavy atom. The minimum Gasteiger partial charge on any atom is -0.396 e. The fraction of sp³-hybridized carbons (Fsp3) is 0.462. The quantitative estimate of drug-likeness (QED) is 0.791. The van der Waals surface area contributed by atoms with Crippen LogP contribution < -0.4 is 5.73 Å². The van der Waals surface area contributed by atoms with Crippen molar-refractivity contribution in [3.8, 4) is 0 Å². The third-order valence-electron chi connectivity index (χ3n) is 3.89. The van der Waals surface area contributed by atoms with Crippen molar-refractivity contribution in [1.29, 1.82) is 0 Å². The van der Waals surface area contributed by atoms with Crippen LogP contribution in [0, 0.1) is 17.6 Å². The van der Waals surface area contributed by atoms with Gasteiger partial charge in [-0.15, -0.1) is 0 Å². The first-order chi connectivity index (χ1) is 8.92. The highest BCUT2D eigenvalue weighted by molar-refractivity contribution is 5.96. The maximum absolute atomic E-state index is 13.7. The molecule has 1 aliphatic heterocycles. The average molecular weight is 268 g/mol. The summed E-state index contributed by atoms with van der Waals surface area (Å²) in [6, 6.07) is 2.05. The monoisotopic (exact) mass is 268 g/mol. The van der Waals surface area contributed by atoms with Gasteiger partial charge >= 0.3 is 0 Å². The van der Waals surface area contributed by atoms with Gasteiger partial charge in [0.05, 0.1) is 18.8 Å². The summed E-state index contributed by atoms with van der Waals surface area (Å²) in [7, 11) is 0.